The minimum atomic E-state index is -0.851. The molecule has 4 heteroatoms. The molecule has 0 spiro atoms. The Morgan fingerprint density at radius 1 is 1.53 bits per heavy atom. The second-order valence-corrected chi connectivity index (χ2v) is 2.99. The van der Waals surface area contributed by atoms with Crippen LogP contribution in [0.1, 0.15) is 5.76 Å². The molecular formula is C11H10O4. The Labute approximate surface area is 86.8 Å². The van der Waals surface area contributed by atoms with Gasteiger partial charge in [0.15, 0.2) is 0 Å². The zero-order valence-corrected chi connectivity index (χ0v) is 8.17. The van der Waals surface area contributed by atoms with E-state index in [-0.39, 0.29) is 5.78 Å². The maximum Gasteiger partial charge on any atom is 0.263 e. The van der Waals surface area contributed by atoms with Crippen LogP contribution in [-0.2, 0) is 14.3 Å². The van der Waals surface area contributed by atoms with Gasteiger partial charge in [0.25, 0.3) is 6.29 Å². The molecule has 0 amide bonds. The number of furan rings is 1. The minimum Gasteiger partial charge on any atom is -0.465 e. The van der Waals surface area contributed by atoms with Crippen molar-refractivity contribution < 1.29 is 18.7 Å². The summed E-state index contributed by atoms with van der Waals surface area (Å²) in [6.07, 6.45) is 5.36. The van der Waals surface area contributed by atoms with Gasteiger partial charge in [0, 0.05) is 12.7 Å². The van der Waals surface area contributed by atoms with E-state index in [0.717, 1.165) is 0 Å². The average Bonchev–Trinajstić information content (AvgIpc) is 2.74. The van der Waals surface area contributed by atoms with Crippen LogP contribution in [0.15, 0.2) is 40.7 Å². The van der Waals surface area contributed by atoms with Crippen molar-refractivity contribution in [2.75, 3.05) is 7.11 Å². The van der Waals surface area contributed by atoms with Crippen LogP contribution in [0, 0.1) is 0 Å². The van der Waals surface area contributed by atoms with Crippen molar-refractivity contribution in [1.29, 1.82) is 0 Å². The smallest absolute Gasteiger partial charge is 0.263 e. The van der Waals surface area contributed by atoms with Crippen LogP contribution in [0.3, 0.4) is 0 Å². The van der Waals surface area contributed by atoms with E-state index in [0.29, 0.717) is 11.3 Å². The third-order valence-electron chi connectivity index (χ3n) is 2.00. The van der Waals surface area contributed by atoms with E-state index in [1.165, 1.54) is 13.4 Å². The third kappa shape index (κ3) is 1.99. The molecule has 15 heavy (non-hydrogen) atoms. The quantitative estimate of drug-likeness (QED) is 0.691. The summed E-state index contributed by atoms with van der Waals surface area (Å²) in [7, 11) is 1.42. The predicted octanol–water partition coefficient (Wildman–Crippen LogP) is 1.75. The molecule has 1 atom stereocenters. The van der Waals surface area contributed by atoms with Gasteiger partial charge >= 0.3 is 0 Å². The van der Waals surface area contributed by atoms with E-state index in [1.807, 2.05) is 0 Å². The highest BCUT2D eigenvalue weighted by atomic mass is 16.7. The van der Waals surface area contributed by atoms with E-state index in [9.17, 15) is 4.79 Å². The zero-order valence-electron chi connectivity index (χ0n) is 8.17. The number of allylic oxidation sites excluding steroid dienone is 1. The topological polar surface area (TPSA) is 48.7 Å². The number of hydrogen-bond acceptors (Lipinski definition) is 4. The third-order valence-corrected chi connectivity index (χ3v) is 2.00. The highest BCUT2D eigenvalue weighted by Gasteiger charge is 2.24. The zero-order chi connectivity index (χ0) is 10.7. The van der Waals surface area contributed by atoms with Crippen LogP contribution in [0.4, 0.5) is 0 Å². The van der Waals surface area contributed by atoms with E-state index < -0.39 is 6.29 Å². The number of ether oxygens (including phenoxy) is 2. The molecule has 78 valence electrons. The van der Waals surface area contributed by atoms with E-state index in [1.54, 1.807) is 30.5 Å². The van der Waals surface area contributed by atoms with E-state index in [2.05, 4.69) is 0 Å². The fourth-order valence-corrected chi connectivity index (χ4v) is 1.27. The first-order valence-corrected chi connectivity index (χ1v) is 4.45. The second kappa shape index (κ2) is 4.14. The minimum absolute atomic E-state index is 0.212. The molecule has 0 fully saturated rings. The van der Waals surface area contributed by atoms with Gasteiger partial charge in [-0.15, -0.1) is 0 Å². The number of Topliss-reactive ketones (excluding diaryl/α,β-unsaturated/α-hetero) is 1. The lowest BCUT2D eigenvalue weighted by Crippen LogP contribution is -2.28. The van der Waals surface area contributed by atoms with Crippen LogP contribution in [0.2, 0.25) is 0 Å². The van der Waals surface area contributed by atoms with Crippen molar-refractivity contribution in [3.8, 4) is 0 Å². The van der Waals surface area contributed by atoms with E-state index >= 15 is 0 Å². The van der Waals surface area contributed by atoms with Crippen LogP contribution in [0.5, 0.6) is 0 Å². The summed E-state index contributed by atoms with van der Waals surface area (Å²) in [6, 6.07) is 3.53. The fourth-order valence-electron chi connectivity index (χ4n) is 1.27. The summed E-state index contributed by atoms with van der Waals surface area (Å²) in [4.78, 5) is 11.7. The largest absolute Gasteiger partial charge is 0.465 e. The van der Waals surface area contributed by atoms with Crippen molar-refractivity contribution >= 4 is 11.9 Å². The Kier molecular flexibility index (Phi) is 2.69. The lowest BCUT2D eigenvalue weighted by molar-refractivity contribution is -0.148. The highest BCUT2D eigenvalue weighted by molar-refractivity contribution is 6.04. The second-order valence-electron chi connectivity index (χ2n) is 2.99. The van der Waals surface area contributed by atoms with Gasteiger partial charge in [-0.3, -0.25) is 4.79 Å². The van der Waals surface area contributed by atoms with Crippen LogP contribution in [0.25, 0.3) is 6.08 Å². The van der Waals surface area contributed by atoms with Crippen molar-refractivity contribution in [2.45, 2.75) is 6.29 Å². The van der Waals surface area contributed by atoms with Gasteiger partial charge in [-0.2, -0.15) is 0 Å². The molecule has 0 saturated carbocycles. The molecule has 1 aromatic rings. The SMILES string of the molecule is COC1OC=C/C(=C/c2ccco2)C1=O. The molecule has 1 unspecified atom stereocenters. The Balaban J connectivity index is 2.26. The maximum atomic E-state index is 11.7. The molecular weight excluding hydrogens is 196 g/mol. The molecule has 0 radical (unpaired) electrons. The number of hydrogen-bond donors (Lipinski definition) is 0. The molecule has 2 heterocycles. The van der Waals surface area contributed by atoms with Gasteiger partial charge in [0.05, 0.1) is 12.5 Å². The predicted molar refractivity (Wildman–Crippen MR) is 52.7 cm³/mol. The molecule has 0 aromatic carbocycles. The van der Waals surface area contributed by atoms with Gasteiger partial charge < -0.3 is 13.9 Å². The molecule has 0 bridgehead atoms. The molecule has 1 aliphatic rings. The Morgan fingerprint density at radius 3 is 3.07 bits per heavy atom. The van der Waals surface area contributed by atoms with Gasteiger partial charge in [0.1, 0.15) is 5.76 Å². The number of methoxy groups -OCH3 is 1. The summed E-state index contributed by atoms with van der Waals surface area (Å²) in [5.41, 5.74) is 0.503. The molecule has 0 aliphatic carbocycles. The number of ketones is 1. The first-order valence-electron chi connectivity index (χ1n) is 4.45. The molecule has 1 aliphatic heterocycles. The highest BCUT2D eigenvalue weighted by Crippen LogP contribution is 2.16. The standard InChI is InChI=1S/C11H10O4/c1-13-11-10(12)8(4-6-15-11)7-9-3-2-5-14-9/h2-7,11H,1H3/b8-7-. The van der Waals surface area contributed by atoms with E-state index in [4.69, 9.17) is 13.9 Å². The Hall–Kier alpha value is -1.81. The van der Waals surface area contributed by atoms with Crippen molar-refractivity contribution in [3.63, 3.8) is 0 Å². The number of carbonyl (C=O) groups is 1. The van der Waals surface area contributed by atoms with Gasteiger partial charge in [0.2, 0.25) is 5.78 Å². The summed E-state index contributed by atoms with van der Waals surface area (Å²) in [6.45, 7) is 0. The first-order chi connectivity index (χ1) is 7.31. The monoisotopic (exact) mass is 206 g/mol. The summed E-state index contributed by atoms with van der Waals surface area (Å²) in [5.74, 6) is 0.413. The lowest BCUT2D eigenvalue weighted by atomic mass is 10.1. The first kappa shape index (κ1) is 9.73. The molecule has 1 aromatic heterocycles. The summed E-state index contributed by atoms with van der Waals surface area (Å²) in [5, 5.41) is 0. The normalized spacial score (nSPS) is 23.1. The maximum absolute atomic E-state index is 11.7. The van der Waals surface area contributed by atoms with Crippen molar-refractivity contribution in [1.82, 2.24) is 0 Å². The summed E-state index contributed by atoms with van der Waals surface area (Å²) >= 11 is 0. The van der Waals surface area contributed by atoms with Crippen LogP contribution >= 0.6 is 0 Å². The lowest BCUT2D eigenvalue weighted by Gasteiger charge is -2.17. The molecule has 2 rings (SSSR count). The van der Waals surface area contributed by atoms with Gasteiger partial charge in [-0.25, -0.2) is 0 Å². The van der Waals surface area contributed by atoms with Gasteiger partial charge in [-0.05, 0) is 24.3 Å². The molecule has 0 N–H and O–H groups in total. The average molecular weight is 206 g/mol. The van der Waals surface area contributed by atoms with Crippen molar-refractivity contribution in [2.24, 2.45) is 0 Å². The summed E-state index contributed by atoms with van der Waals surface area (Å²) < 4.78 is 14.9. The Bertz CT molecular complexity index is 400. The molecule has 4 nitrogen and oxygen atoms in total. The fraction of sp³-hybridized carbons (Fsp3) is 0.182. The number of carbonyl (C=O) groups excluding carboxylic acids is 1. The van der Waals surface area contributed by atoms with Crippen LogP contribution < -0.4 is 0 Å². The van der Waals surface area contributed by atoms with Crippen molar-refractivity contribution in [3.05, 3.63) is 42.1 Å². The number of rotatable bonds is 2. The Morgan fingerprint density at radius 2 is 2.40 bits per heavy atom. The van der Waals surface area contributed by atoms with Gasteiger partial charge in [-0.1, -0.05) is 0 Å². The van der Waals surface area contributed by atoms with Crippen LogP contribution in [-0.4, -0.2) is 19.2 Å². The molecule has 0 saturated heterocycles.